The standard InChI is InChI=1S/C21H23N3O4/c1-14-4-5-17-16(13-28-19(17)9-14)10-20(25)23-8-2-3-15(11-23)18-6-7-22-24(18)12-21(26)27/h4-7,9,13,15H,2-3,8,10-12H2,1H3,(H,26,27)/t15-/m0/s1. The topological polar surface area (TPSA) is 88.6 Å². The van der Waals surface area contributed by atoms with Gasteiger partial charge in [0.1, 0.15) is 12.1 Å². The molecule has 3 heterocycles. The van der Waals surface area contributed by atoms with Crippen molar-refractivity contribution in [2.75, 3.05) is 13.1 Å². The molecular formula is C21H23N3O4. The summed E-state index contributed by atoms with van der Waals surface area (Å²) in [6, 6.07) is 7.85. The van der Waals surface area contributed by atoms with Crippen LogP contribution in [0, 0.1) is 6.92 Å². The summed E-state index contributed by atoms with van der Waals surface area (Å²) in [5, 5.41) is 14.2. The first-order chi connectivity index (χ1) is 13.5. The van der Waals surface area contributed by atoms with E-state index in [2.05, 4.69) is 5.10 Å². The van der Waals surface area contributed by atoms with Gasteiger partial charge < -0.3 is 14.4 Å². The Labute approximate surface area is 162 Å². The van der Waals surface area contributed by atoms with E-state index in [-0.39, 0.29) is 18.4 Å². The zero-order valence-corrected chi connectivity index (χ0v) is 15.8. The van der Waals surface area contributed by atoms with Crippen molar-refractivity contribution in [1.82, 2.24) is 14.7 Å². The van der Waals surface area contributed by atoms with Gasteiger partial charge in [-0.05, 0) is 37.5 Å². The Kier molecular flexibility index (Phi) is 4.90. The molecule has 1 aromatic carbocycles. The summed E-state index contributed by atoms with van der Waals surface area (Å²) in [5.41, 5.74) is 3.70. The minimum Gasteiger partial charge on any atom is -0.480 e. The van der Waals surface area contributed by atoms with Crippen LogP contribution < -0.4 is 0 Å². The molecule has 1 atom stereocenters. The number of benzene rings is 1. The number of fused-ring (bicyclic) bond motifs is 1. The Morgan fingerprint density at radius 3 is 3.00 bits per heavy atom. The van der Waals surface area contributed by atoms with Crippen molar-refractivity contribution in [3.63, 3.8) is 0 Å². The Bertz CT molecular complexity index is 1020. The van der Waals surface area contributed by atoms with Gasteiger partial charge in [-0.1, -0.05) is 12.1 Å². The van der Waals surface area contributed by atoms with Gasteiger partial charge in [0.05, 0.1) is 12.7 Å². The smallest absolute Gasteiger partial charge is 0.325 e. The van der Waals surface area contributed by atoms with Crippen LogP contribution in [-0.4, -0.2) is 44.8 Å². The SMILES string of the molecule is Cc1ccc2c(CC(=O)N3CCC[C@H](c4ccnn4CC(=O)O)C3)coc2c1. The number of likely N-dealkylation sites (tertiary alicyclic amines) is 1. The minimum atomic E-state index is -0.921. The molecule has 0 bridgehead atoms. The first-order valence-corrected chi connectivity index (χ1v) is 9.49. The van der Waals surface area contributed by atoms with Crippen LogP contribution in [0.4, 0.5) is 0 Å². The molecule has 0 spiro atoms. The molecule has 1 aliphatic heterocycles. The largest absolute Gasteiger partial charge is 0.480 e. The van der Waals surface area contributed by atoms with Crippen molar-refractivity contribution >= 4 is 22.8 Å². The number of nitrogens with zero attached hydrogens (tertiary/aromatic N) is 3. The molecule has 1 aliphatic rings. The molecule has 1 amide bonds. The van der Waals surface area contributed by atoms with Gasteiger partial charge in [0.25, 0.3) is 0 Å². The summed E-state index contributed by atoms with van der Waals surface area (Å²) in [5.74, 6) is -0.753. The molecule has 0 unspecified atom stereocenters. The zero-order chi connectivity index (χ0) is 19.7. The monoisotopic (exact) mass is 381 g/mol. The number of aryl methyl sites for hydroxylation is 1. The van der Waals surface area contributed by atoms with E-state index in [1.807, 2.05) is 36.1 Å². The first kappa shape index (κ1) is 18.3. The maximum Gasteiger partial charge on any atom is 0.325 e. The number of rotatable bonds is 5. The van der Waals surface area contributed by atoms with Crippen LogP contribution in [0.25, 0.3) is 11.0 Å². The van der Waals surface area contributed by atoms with Crippen molar-refractivity contribution < 1.29 is 19.1 Å². The van der Waals surface area contributed by atoms with E-state index in [1.54, 1.807) is 12.5 Å². The fourth-order valence-electron chi connectivity index (χ4n) is 4.00. The third kappa shape index (κ3) is 3.65. The van der Waals surface area contributed by atoms with Crippen molar-refractivity contribution in [2.45, 2.75) is 38.6 Å². The van der Waals surface area contributed by atoms with Crippen molar-refractivity contribution in [3.05, 3.63) is 53.5 Å². The molecule has 1 N–H and O–H groups in total. The average molecular weight is 381 g/mol. The summed E-state index contributed by atoms with van der Waals surface area (Å²) in [4.78, 5) is 25.8. The second kappa shape index (κ2) is 7.50. The number of piperidine rings is 1. The Morgan fingerprint density at radius 2 is 2.18 bits per heavy atom. The lowest BCUT2D eigenvalue weighted by Gasteiger charge is -2.33. The lowest BCUT2D eigenvalue weighted by molar-refractivity contribution is -0.138. The van der Waals surface area contributed by atoms with E-state index in [0.29, 0.717) is 13.0 Å². The molecular weight excluding hydrogens is 358 g/mol. The molecule has 7 heteroatoms. The second-order valence-electron chi connectivity index (χ2n) is 7.42. The molecule has 28 heavy (non-hydrogen) atoms. The van der Waals surface area contributed by atoms with Gasteiger partial charge in [-0.2, -0.15) is 5.10 Å². The fourth-order valence-corrected chi connectivity index (χ4v) is 4.00. The van der Waals surface area contributed by atoms with Crippen LogP contribution in [0.1, 0.15) is 35.6 Å². The summed E-state index contributed by atoms with van der Waals surface area (Å²) in [6.45, 7) is 3.15. The molecule has 2 aromatic heterocycles. The second-order valence-corrected chi connectivity index (χ2v) is 7.42. The van der Waals surface area contributed by atoms with Gasteiger partial charge in [0.2, 0.25) is 5.91 Å². The van der Waals surface area contributed by atoms with Gasteiger partial charge in [0, 0.05) is 41.8 Å². The molecule has 0 radical (unpaired) electrons. The number of furan rings is 1. The molecule has 1 fully saturated rings. The van der Waals surface area contributed by atoms with E-state index in [0.717, 1.165) is 47.2 Å². The number of carbonyl (C=O) groups excluding carboxylic acids is 1. The Hall–Kier alpha value is -3.09. The first-order valence-electron chi connectivity index (χ1n) is 9.49. The third-order valence-electron chi connectivity index (χ3n) is 5.38. The molecule has 4 rings (SSSR count). The van der Waals surface area contributed by atoms with Crippen molar-refractivity contribution in [1.29, 1.82) is 0 Å². The summed E-state index contributed by atoms with van der Waals surface area (Å²) < 4.78 is 7.13. The molecule has 0 aliphatic carbocycles. The highest BCUT2D eigenvalue weighted by atomic mass is 16.4. The molecule has 1 saturated heterocycles. The van der Waals surface area contributed by atoms with E-state index in [9.17, 15) is 9.59 Å². The van der Waals surface area contributed by atoms with E-state index in [4.69, 9.17) is 9.52 Å². The van der Waals surface area contributed by atoms with Gasteiger partial charge in [-0.3, -0.25) is 14.3 Å². The van der Waals surface area contributed by atoms with Crippen LogP contribution in [0.15, 0.2) is 41.1 Å². The highest BCUT2D eigenvalue weighted by Gasteiger charge is 2.27. The van der Waals surface area contributed by atoms with E-state index >= 15 is 0 Å². The number of aromatic nitrogens is 2. The molecule has 3 aromatic rings. The minimum absolute atomic E-state index is 0.0669. The van der Waals surface area contributed by atoms with Gasteiger partial charge in [-0.25, -0.2) is 0 Å². The van der Waals surface area contributed by atoms with Gasteiger partial charge >= 0.3 is 5.97 Å². The quantitative estimate of drug-likeness (QED) is 0.734. The number of carbonyl (C=O) groups is 2. The Morgan fingerprint density at radius 1 is 1.32 bits per heavy atom. The van der Waals surface area contributed by atoms with Crippen LogP contribution in [0.2, 0.25) is 0 Å². The maximum atomic E-state index is 12.9. The highest BCUT2D eigenvalue weighted by molar-refractivity contribution is 5.88. The van der Waals surface area contributed by atoms with Crippen LogP contribution in [0.3, 0.4) is 0 Å². The number of hydrogen-bond acceptors (Lipinski definition) is 4. The molecule has 0 saturated carbocycles. The summed E-state index contributed by atoms with van der Waals surface area (Å²) in [6.07, 6.45) is 5.41. The Balaban J connectivity index is 1.47. The van der Waals surface area contributed by atoms with Gasteiger partial charge in [0.15, 0.2) is 0 Å². The van der Waals surface area contributed by atoms with Gasteiger partial charge in [-0.15, -0.1) is 0 Å². The molecule has 7 nitrogen and oxygen atoms in total. The highest BCUT2D eigenvalue weighted by Crippen LogP contribution is 2.28. The lowest BCUT2D eigenvalue weighted by atomic mass is 9.94. The predicted molar refractivity (Wildman–Crippen MR) is 103 cm³/mol. The number of carboxylic acid groups (broad SMARTS) is 1. The maximum absolute atomic E-state index is 12.9. The van der Waals surface area contributed by atoms with Crippen molar-refractivity contribution in [3.8, 4) is 0 Å². The van der Waals surface area contributed by atoms with E-state index < -0.39 is 5.97 Å². The van der Waals surface area contributed by atoms with Crippen LogP contribution >= 0.6 is 0 Å². The number of carboxylic acids is 1. The van der Waals surface area contributed by atoms with Crippen LogP contribution in [0.5, 0.6) is 0 Å². The number of aliphatic carboxylic acids is 1. The van der Waals surface area contributed by atoms with Crippen LogP contribution in [-0.2, 0) is 22.6 Å². The number of hydrogen-bond donors (Lipinski definition) is 1. The molecule has 146 valence electrons. The summed E-state index contributed by atoms with van der Waals surface area (Å²) >= 11 is 0. The predicted octanol–water partition coefficient (Wildman–Crippen LogP) is 2.97. The normalized spacial score (nSPS) is 17.2. The van der Waals surface area contributed by atoms with E-state index in [1.165, 1.54) is 4.68 Å². The lowest BCUT2D eigenvalue weighted by Crippen LogP contribution is -2.40. The zero-order valence-electron chi connectivity index (χ0n) is 15.8. The number of amides is 1. The fraction of sp³-hybridized carbons (Fsp3) is 0.381. The summed E-state index contributed by atoms with van der Waals surface area (Å²) in [7, 11) is 0. The average Bonchev–Trinajstić information content (AvgIpc) is 3.28. The third-order valence-corrected chi connectivity index (χ3v) is 5.38. The van der Waals surface area contributed by atoms with Crippen molar-refractivity contribution in [2.24, 2.45) is 0 Å².